The number of hydrogen-bond donors (Lipinski definition) is 3. The molecule has 1 spiro atoms. The van der Waals surface area contributed by atoms with Gasteiger partial charge in [-0.1, -0.05) is 44.6 Å². The molecule has 0 aromatic heterocycles. The number of ether oxygens (including phenoxy) is 4. The first-order chi connectivity index (χ1) is 20.2. The highest BCUT2D eigenvalue weighted by Crippen LogP contribution is 2.52. The smallest absolute Gasteiger partial charge is 0.264 e. The molecule has 0 radical (unpaired) electrons. The molecule has 4 fully saturated rings. The zero-order valence-electron chi connectivity index (χ0n) is 25.9. The zero-order chi connectivity index (χ0) is 31.4. The van der Waals surface area contributed by atoms with Crippen molar-refractivity contribution < 1.29 is 43.5 Å². The van der Waals surface area contributed by atoms with Crippen LogP contribution < -0.4 is 5.32 Å². The molecule has 43 heavy (non-hydrogen) atoms. The monoisotopic (exact) mass is 600 g/mol. The molecule has 5 aliphatic heterocycles. The first kappa shape index (κ1) is 31.6. The molecule has 236 valence electrons. The van der Waals surface area contributed by atoms with Crippen LogP contribution in [-0.4, -0.2) is 94.4 Å². The highest BCUT2D eigenvalue weighted by atomic mass is 16.8. The second kappa shape index (κ2) is 11.6. The van der Waals surface area contributed by atoms with Gasteiger partial charge in [0.25, 0.3) is 5.91 Å². The van der Waals surface area contributed by atoms with Crippen LogP contribution in [0.2, 0.25) is 0 Å². The summed E-state index contributed by atoms with van der Waals surface area (Å²) < 4.78 is 24.3. The summed E-state index contributed by atoms with van der Waals surface area (Å²) in [6.45, 7) is 11.7. The lowest BCUT2D eigenvalue weighted by Gasteiger charge is -2.51. The molecular weight excluding hydrogens is 556 g/mol. The third-order valence-electron chi connectivity index (χ3n) is 9.67. The maximum atomic E-state index is 13.6. The number of hydrogen-bond acceptors (Lipinski definition) is 9. The molecule has 4 saturated heterocycles. The lowest BCUT2D eigenvalue weighted by molar-refractivity contribution is -0.346. The normalized spacial score (nSPS) is 42.0. The van der Waals surface area contributed by atoms with Crippen LogP contribution in [0.5, 0.6) is 0 Å². The fraction of sp³-hybridized carbons (Fsp3) is 0.656. The van der Waals surface area contributed by atoms with Crippen LogP contribution in [0.3, 0.4) is 0 Å². The van der Waals surface area contributed by atoms with Crippen molar-refractivity contribution in [3.8, 4) is 0 Å². The Morgan fingerprint density at radius 2 is 1.88 bits per heavy atom. The summed E-state index contributed by atoms with van der Waals surface area (Å²) in [6.07, 6.45) is 7.46. The molecule has 0 unspecified atom stereocenters. The molecule has 5 rings (SSSR count). The van der Waals surface area contributed by atoms with Crippen molar-refractivity contribution in [2.45, 2.75) is 102 Å². The second-order valence-electron chi connectivity index (χ2n) is 12.7. The van der Waals surface area contributed by atoms with Crippen LogP contribution in [-0.2, 0) is 33.3 Å². The number of nitrogens with zero attached hydrogens (tertiary/aromatic N) is 1. The Balaban J connectivity index is 1.36. The number of Topliss-reactive ketones (excluding diaryl/α,β-unsaturated/α-hetero) is 1. The summed E-state index contributed by atoms with van der Waals surface area (Å²) in [6, 6.07) is -1.15. The summed E-state index contributed by atoms with van der Waals surface area (Å²) in [7, 11) is 1.46. The highest BCUT2D eigenvalue weighted by Gasteiger charge is 2.66. The number of carbonyl (C=O) groups is 3. The number of carbonyl (C=O) groups excluding carboxylic acids is 3. The Morgan fingerprint density at radius 3 is 2.51 bits per heavy atom. The van der Waals surface area contributed by atoms with E-state index in [-0.39, 0.29) is 29.6 Å². The number of aliphatic hydroxyl groups excluding tert-OH is 2. The predicted octanol–water partition coefficient (Wildman–Crippen LogP) is 2.46. The van der Waals surface area contributed by atoms with Crippen LogP contribution in [0, 0.1) is 17.8 Å². The van der Waals surface area contributed by atoms with Gasteiger partial charge in [0.05, 0.1) is 36.9 Å². The molecule has 0 aromatic rings. The molecule has 0 saturated carbocycles. The van der Waals surface area contributed by atoms with Gasteiger partial charge in [0.1, 0.15) is 23.6 Å². The number of fused-ring (bicyclic) bond motifs is 3. The van der Waals surface area contributed by atoms with Gasteiger partial charge in [-0.15, -0.1) is 0 Å². The van der Waals surface area contributed by atoms with E-state index in [0.29, 0.717) is 19.4 Å². The maximum Gasteiger partial charge on any atom is 0.264 e. The average Bonchev–Trinajstić information content (AvgIpc) is 3.71. The van der Waals surface area contributed by atoms with Crippen molar-refractivity contribution in [3.05, 3.63) is 47.3 Å². The van der Waals surface area contributed by atoms with Crippen molar-refractivity contribution in [3.63, 3.8) is 0 Å². The van der Waals surface area contributed by atoms with Gasteiger partial charge in [0, 0.05) is 18.9 Å². The van der Waals surface area contributed by atoms with Crippen LogP contribution in [0.15, 0.2) is 47.3 Å². The number of aliphatic hydroxyl groups is 2. The van der Waals surface area contributed by atoms with Gasteiger partial charge < -0.3 is 39.4 Å². The number of amides is 2. The Hall–Kier alpha value is -2.83. The largest absolute Gasteiger partial charge is 0.507 e. The molecule has 5 aliphatic rings. The Labute approximate surface area is 252 Å². The molecule has 2 amide bonds. The van der Waals surface area contributed by atoms with E-state index in [9.17, 15) is 24.6 Å². The summed E-state index contributed by atoms with van der Waals surface area (Å²) in [5.74, 6) is -3.93. The molecule has 11 atom stereocenters. The van der Waals surface area contributed by atoms with Gasteiger partial charge in [-0.2, -0.15) is 0 Å². The number of allylic oxidation sites excluding steroid dienone is 3. The fourth-order valence-corrected chi connectivity index (χ4v) is 6.82. The van der Waals surface area contributed by atoms with Crippen molar-refractivity contribution in [2.24, 2.45) is 17.8 Å². The van der Waals surface area contributed by atoms with Gasteiger partial charge in [-0.25, -0.2) is 0 Å². The predicted molar refractivity (Wildman–Crippen MR) is 155 cm³/mol. The van der Waals surface area contributed by atoms with Gasteiger partial charge in [0.15, 0.2) is 11.4 Å². The SMILES string of the molecule is CNC(=O)[C@@H](C)[C@H]1C(=O)\C(=C(O)/C=C/C(C)=C/[C@@H](C)[C@@H]2O[C@]3(C)O[C@@H](C=C[C@]34CO4)[C@@H]2C)C(=O)N1[C@@H]1CC[C@H](O)[C@H](C)O1. The van der Waals surface area contributed by atoms with E-state index in [1.165, 1.54) is 18.0 Å². The topological polar surface area (TPSA) is 147 Å². The summed E-state index contributed by atoms with van der Waals surface area (Å²) in [5.41, 5.74) is -0.127. The van der Waals surface area contributed by atoms with E-state index in [0.717, 1.165) is 5.57 Å². The van der Waals surface area contributed by atoms with E-state index < -0.39 is 65.1 Å². The van der Waals surface area contributed by atoms with Crippen LogP contribution in [0.25, 0.3) is 0 Å². The number of likely N-dealkylation sites (tertiary alicyclic amines) is 1. The maximum absolute atomic E-state index is 13.6. The highest BCUT2D eigenvalue weighted by molar-refractivity contribution is 6.27. The first-order valence-corrected chi connectivity index (χ1v) is 15.1. The third kappa shape index (κ3) is 5.50. The van der Waals surface area contributed by atoms with Crippen LogP contribution in [0.4, 0.5) is 0 Å². The average molecular weight is 601 g/mol. The molecule has 2 bridgehead atoms. The second-order valence-corrected chi connectivity index (χ2v) is 12.7. The summed E-state index contributed by atoms with van der Waals surface area (Å²) >= 11 is 0. The molecule has 0 aliphatic carbocycles. The van der Waals surface area contributed by atoms with Crippen molar-refractivity contribution in [1.29, 1.82) is 0 Å². The summed E-state index contributed by atoms with van der Waals surface area (Å²) in [5, 5.41) is 23.7. The number of epoxide rings is 1. The number of nitrogens with one attached hydrogen (secondary N) is 1. The van der Waals surface area contributed by atoms with E-state index in [1.54, 1.807) is 19.9 Å². The lowest BCUT2D eigenvalue weighted by Crippen LogP contribution is -2.61. The Bertz CT molecular complexity index is 1280. The fourth-order valence-electron chi connectivity index (χ4n) is 6.82. The van der Waals surface area contributed by atoms with Gasteiger partial charge >= 0.3 is 0 Å². The third-order valence-corrected chi connectivity index (χ3v) is 9.67. The summed E-state index contributed by atoms with van der Waals surface area (Å²) in [4.78, 5) is 41.1. The first-order valence-electron chi connectivity index (χ1n) is 15.1. The van der Waals surface area contributed by atoms with Crippen LogP contribution in [0.1, 0.15) is 54.4 Å². The number of rotatable bonds is 7. The lowest BCUT2D eigenvalue weighted by atomic mass is 9.82. The van der Waals surface area contributed by atoms with Crippen molar-refractivity contribution >= 4 is 17.6 Å². The van der Waals surface area contributed by atoms with Crippen LogP contribution >= 0.6 is 0 Å². The molecule has 3 N–H and O–H groups in total. The zero-order valence-corrected chi connectivity index (χ0v) is 25.9. The molecule has 11 heteroatoms. The van der Waals surface area contributed by atoms with Gasteiger partial charge in [-0.05, 0) is 45.8 Å². The van der Waals surface area contributed by atoms with E-state index in [1.807, 2.05) is 19.9 Å². The molecule has 11 nitrogen and oxygen atoms in total. The molecular formula is C32H44N2O9. The standard InChI is InChI=1S/C32H44N2O9/c1-16(14-17(2)28-18(3)23-12-13-32(15-40-32)31(6,42-23)43-28)8-9-22(36)25-27(37)26(19(4)29(38)33-7)34(30(25)39)24-11-10-21(35)20(5)41-24/h8-9,12-14,17-21,23-24,26,28,35-36H,10-11,15H2,1-7H3,(H,33,38)/b9-8+,16-14+,25-22-/t17-,18+,19+,20+,21+,23+,24+,26+,28+,31+,32+/m1/s1. The minimum absolute atomic E-state index is 0.0220. The van der Waals surface area contributed by atoms with E-state index in [4.69, 9.17) is 18.9 Å². The minimum atomic E-state index is -1.15. The van der Waals surface area contributed by atoms with Crippen molar-refractivity contribution in [1.82, 2.24) is 10.2 Å². The molecule has 5 heterocycles. The van der Waals surface area contributed by atoms with E-state index >= 15 is 0 Å². The van der Waals surface area contributed by atoms with Gasteiger partial charge in [-0.3, -0.25) is 14.4 Å². The van der Waals surface area contributed by atoms with E-state index in [2.05, 4.69) is 31.3 Å². The molecule has 0 aromatic carbocycles. The van der Waals surface area contributed by atoms with Crippen molar-refractivity contribution in [2.75, 3.05) is 13.7 Å². The Kier molecular flexibility index (Phi) is 8.51. The Morgan fingerprint density at radius 1 is 1.19 bits per heavy atom. The minimum Gasteiger partial charge on any atom is -0.507 e. The number of ketones is 1. The quantitative estimate of drug-likeness (QED) is 0.100. The van der Waals surface area contributed by atoms with Gasteiger partial charge in [0.2, 0.25) is 11.7 Å².